The van der Waals surface area contributed by atoms with Crippen LogP contribution in [0.3, 0.4) is 0 Å². The van der Waals surface area contributed by atoms with Crippen molar-refractivity contribution < 1.29 is 34.4 Å². The minimum absolute atomic E-state index is 0.0926. The maximum Gasteiger partial charge on any atom is 0.307 e. The molecule has 1 aromatic rings. The molecule has 156 valence electrons. The van der Waals surface area contributed by atoms with Gasteiger partial charge in [-0.3, -0.25) is 14.4 Å². The fraction of sp³-hybridized carbons (Fsp3) is 0.571. The first kappa shape index (κ1) is 23.5. The van der Waals surface area contributed by atoms with E-state index in [1.807, 2.05) is 41.5 Å². The summed E-state index contributed by atoms with van der Waals surface area (Å²) in [6, 6.07) is 3.54. The molecule has 0 aliphatic heterocycles. The Morgan fingerprint density at radius 3 is 1.75 bits per heavy atom. The highest BCUT2D eigenvalue weighted by molar-refractivity contribution is 5.82. The van der Waals surface area contributed by atoms with Crippen LogP contribution in [-0.2, 0) is 36.6 Å². The van der Waals surface area contributed by atoms with E-state index in [4.69, 9.17) is 14.9 Å². The molecule has 3 N–H and O–H groups in total. The molecule has 0 saturated carbocycles. The fourth-order valence-corrected chi connectivity index (χ4v) is 2.80. The number of aliphatic carboxylic acids is 2. The molecule has 0 spiro atoms. The Morgan fingerprint density at radius 2 is 1.39 bits per heavy atom. The smallest absolute Gasteiger partial charge is 0.307 e. The van der Waals surface area contributed by atoms with Crippen LogP contribution in [-0.4, -0.2) is 33.2 Å². The van der Waals surface area contributed by atoms with Crippen molar-refractivity contribution in [3.8, 4) is 5.75 Å². The highest BCUT2D eigenvalue weighted by Gasteiger charge is 2.28. The highest BCUT2D eigenvalue weighted by Crippen LogP contribution is 2.39. The second-order valence-corrected chi connectivity index (χ2v) is 9.04. The summed E-state index contributed by atoms with van der Waals surface area (Å²) in [6.45, 7) is 11.7. The normalized spacial score (nSPS) is 13.1. The van der Waals surface area contributed by atoms with Gasteiger partial charge in [-0.05, 0) is 39.7 Å². The summed E-state index contributed by atoms with van der Waals surface area (Å²) in [5.41, 5.74) is 1.45. The summed E-state index contributed by atoms with van der Waals surface area (Å²) in [6.07, 6.45) is -1.16. The topological polar surface area (TPSA) is 121 Å². The van der Waals surface area contributed by atoms with Crippen molar-refractivity contribution in [2.45, 2.75) is 71.8 Å². The van der Waals surface area contributed by atoms with E-state index in [2.05, 4.69) is 0 Å². The molecule has 0 amide bonds. The van der Waals surface area contributed by atoms with Crippen molar-refractivity contribution in [2.75, 3.05) is 0 Å². The summed E-state index contributed by atoms with van der Waals surface area (Å²) >= 11 is 0. The number of benzene rings is 1. The van der Waals surface area contributed by atoms with Crippen LogP contribution in [0.5, 0.6) is 5.75 Å². The standard InChI is InChI=1S/C21H30O7/c1-20(2,3)14-7-12(8-15(18(14)25)21(4,5)6)11-28-17(24)10-13(19(26)27)9-16(22)23/h7-8,13,25H,9-11H2,1-6H3,(H,22,23)(H,26,27). The van der Waals surface area contributed by atoms with Gasteiger partial charge in [-0.25, -0.2) is 0 Å². The lowest BCUT2D eigenvalue weighted by Crippen LogP contribution is -2.22. The molecular weight excluding hydrogens is 364 g/mol. The first-order valence-electron chi connectivity index (χ1n) is 9.10. The number of carboxylic acid groups (broad SMARTS) is 2. The van der Waals surface area contributed by atoms with Crippen molar-refractivity contribution >= 4 is 17.9 Å². The molecule has 0 radical (unpaired) electrons. The zero-order valence-electron chi connectivity index (χ0n) is 17.3. The van der Waals surface area contributed by atoms with Gasteiger partial charge in [0.25, 0.3) is 0 Å². The van der Waals surface area contributed by atoms with E-state index >= 15 is 0 Å². The molecule has 1 rings (SSSR count). The van der Waals surface area contributed by atoms with Gasteiger partial charge in [0.2, 0.25) is 0 Å². The average Bonchev–Trinajstić information content (AvgIpc) is 2.50. The van der Waals surface area contributed by atoms with E-state index in [1.165, 1.54) is 0 Å². The van der Waals surface area contributed by atoms with Crippen LogP contribution in [0.25, 0.3) is 0 Å². The number of rotatable bonds is 7. The van der Waals surface area contributed by atoms with Gasteiger partial charge in [0.1, 0.15) is 12.4 Å². The Labute approximate surface area is 165 Å². The lowest BCUT2D eigenvalue weighted by atomic mass is 9.78. The predicted octanol–water partition coefficient (Wildman–Crippen LogP) is 3.60. The number of aromatic hydroxyl groups is 1. The van der Waals surface area contributed by atoms with Crippen molar-refractivity contribution in [2.24, 2.45) is 5.92 Å². The predicted molar refractivity (Wildman–Crippen MR) is 103 cm³/mol. The number of hydrogen-bond acceptors (Lipinski definition) is 5. The number of hydrogen-bond donors (Lipinski definition) is 3. The molecule has 7 heteroatoms. The van der Waals surface area contributed by atoms with Gasteiger partial charge in [-0.2, -0.15) is 0 Å². The zero-order valence-corrected chi connectivity index (χ0v) is 17.3. The molecule has 1 aromatic carbocycles. The van der Waals surface area contributed by atoms with Gasteiger partial charge >= 0.3 is 17.9 Å². The molecule has 0 fully saturated rings. The van der Waals surface area contributed by atoms with Gasteiger partial charge in [0, 0.05) is 0 Å². The van der Waals surface area contributed by atoms with E-state index in [0.29, 0.717) is 5.56 Å². The third-order valence-corrected chi connectivity index (χ3v) is 4.37. The van der Waals surface area contributed by atoms with Crippen molar-refractivity contribution in [3.63, 3.8) is 0 Å². The summed E-state index contributed by atoms with van der Waals surface area (Å²) < 4.78 is 5.19. The first-order chi connectivity index (χ1) is 12.6. The highest BCUT2D eigenvalue weighted by atomic mass is 16.5. The molecule has 0 aliphatic carbocycles. The Kier molecular flexibility index (Phi) is 7.23. The van der Waals surface area contributed by atoms with Gasteiger partial charge in [0.05, 0.1) is 18.8 Å². The fourth-order valence-electron chi connectivity index (χ4n) is 2.80. The first-order valence-corrected chi connectivity index (χ1v) is 9.10. The lowest BCUT2D eigenvalue weighted by Gasteiger charge is -2.28. The number of esters is 1. The van der Waals surface area contributed by atoms with Crippen LogP contribution in [0.1, 0.15) is 71.1 Å². The number of phenolic OH excluding ortho intramolecular Hbond substituents is 1. The molecule has 1 atom stereocenters. The molecule has 7 nitrogen and oxygen atoms in total. The minimum Gasteiger partial charge on any atom is -0.507 e. The Balaban J connectivity index is 3.04. The molecule has 0 saturated heterocycles. The number of carbonyl (C=O) groups excluding carboxylic acids is 1. The molecule has 0 aliphatic rings. The molecular formula is C21H30O7. The second kappa shape index (κ2) is 8.63. The zero-order chi connectivity index (χ0) is 21.9. The van der Waals surface area contributed by atoms with Gasteiger partial charge in [0.15, 0.2) is 0 Å². The molecule has 0 bridgehead atoms. The maximum absolute atomic E-state index is 12.0. The van der Waals surface area contributed by atoms with Crippen LogP contribution in [0.2, 0.25) is 0 Å². The monoisotopic (exact) mass is 394 g/mol. The number of phenols is 1. The second-order valence-electron chi connectivity index (χ2n) is 9.04. The SMILES string of the molecule is CC(C)(C)c1cc(COC(=O)CC(CC(=O)O)C(=O)O)cc(C(C)(C)C)c1O. The van der Waals surface area contributed by atoms with Crippen LogP contribution >= 0.6 is 0 Å². The number of carboxylic acids is 2. The van der Waals surface area contributed by atoms with E-state index in [9.17, 15) is 19.5 Å². The van der Waals surface area contributed by atoms with Crippen molar-refractivity contribution in [1.82, 2.24) is 0 Å². The van der Waals surface area contributed by atoms with Crippen LogP contribution < -0.4 is 0 Å². The van der Waals surface area contributed by atoms with Crippen LogP contribution in [0, 0.1) is 5.92 Å². The molecule has 1 unspecified atom stereocenters. The summed E-state index contributed by atoms with van der Waals surface area (Å²) in [5, 5.41) is 28.5. The summed E-state index contributed by atoms with van der Waals surface area (Å²) in [7, 11) is 0. The van der Waals surface area contributed by atoms with Gasteiger partial charge in [-0.1, -0.05) is 41.5 Å². The van der Waals surface area contributed by atoms with Gasteiger partial charge < -0.3 is 20.1 Å². The van der Waals surface area contributed by atoms with Crippen molar-refractivity contribution in [3.05, 3.63) is 28.8 Å². The third kappa shape index (κ3) is 6.55. The van der Waals surface area contributed by atoms with E-state index < -0.39 is 36.7 Å². The quantitative estimate of drug-likeness (QED) is 0.604. The summed E-state index contributed by atoms with van der Waals surface area (Å²) in [5.74, 6) is -4.55. The Hall–Kier alpha value is -2.57. The van der Waals surface area contributed by atoms with E-state index in [-0.39, 0.29) is 23.2 Å². The van der Waals surface area contributed by atoms with E-state index in [1.54, 1.807) is 12.1 Å². The number of ether oxygens (including phenoxy) is 1. The average molecular weight is 394 g/mol. The lowest BCUT2D eigenvalue weighted by molar-refractivity contribution is -0.155. The van der Waals surface area contributed by atoms with Crippen molar-refractivity contribution in [1.29, 1.82) is 0 Å². The largest absolute Gasteiger partial charge is 0.507 e. The Morgan fingerprint density at radius 1 is 0.929 bits per heavy atom. The molecule has 0 heterocycles. The third-order valence-electron chi connectivity index (χ3n) is 4.37. The molecule has 0 aromatic heterocycles. The Bertz CT molecular complexity index is 716. The molecule has 28 heavy (non-hydrogen) atoms. The number of carbonyl (C=O) groups is 3. The summed E-state index contributed by atoms with van der Waals surface area (Å²) in [4.78, 5) is 33.8. The maximum atomic E-state index is 12.0. The minimum atomic E-state index is -1.35. The van der Waals surface area contributed by atoms with Crippen LogP contribution in [0.15, 0.2) is 12.1 Å². The van der Waals surface area contributed by atoms with Gasteiger partial charge in [-0.15, -0.1) is 0 Å². The van der Waals surface area contributed by atoms with Crippen LogP contribution in [0.4, 0.5) is 0 Å². The van der Waals surface area contributed by atoms with E-state index in [0.717, 1.165) is 11.1 Å².